The zero-order chi connectivity index (χ0) is 86.3. The van der Waals surface area contributed by atoms with Crippen molar-refractivity contribution in [1.29, 1.82) is 0 Å². The van der Waals surface area contributed by atoms with E-state index in [0.717, 1.165) is 97.1 Å². The molecule has 2 N–H and O–H groups in total. The molecule has 7 rings (SSSR count). The molecule has 0 aliphatic carbocycles. The average molecular weight is 1670 g/mol. The Labute approximate surface area is 671 Å². The maximum atomic E-state index is 15.4. The number of benzene rings is 2. The van der Waals surface area contributed by atoms with Gasteiger partial charge in [0.05, 0.1) is 37.8 Å². The highest BCUT2D eigenvalue weighted by Crippen LogP contribution is 2.44. The van der Waals surface area contributed by atoms with Crippen LogP contribution >= 0.6 is 0 Å². The number of ether oxygens (including phenoxy) is 24. The van der Waals surface area contributed by atoms with E-state index in [0.29, 0.717) is 5.56 Å². The first-order valence-electron chi connectivity index (χ1n) is 37.1. The van der Waals surface area contributed by atoms with Crippen molar-refractivity contribution in [3.63, 3.8) is 0 Å². The quantitative estimate of drug-likeness (QED) is 0.0721. The molecule has 5 fully saturated rings. The molecule has 0 bridgehead atoms. The molecule has 0 unspecified atom stereocenters. The summed E-state index contributed by atoms with van der Waals surface area (Å²) in [5, 5.41) is 5.27. The van der Waals surface area contributed by atoms with Crippen LogP contribution in [0.1, 0.15) is 133 Å². The van der Waals surface area contributed by atoms with Gasteiger partial charge in [-0.3, -0.25) is 62.3 Å². The van der Waals surface area contributed by atoms with E-state index in [1.807, 2.05) is 0 Å². The fourth-order valence-corrected chi connectivity index (χ4v) is 13.6. The predicted octanol–water partition coefficient (Wildman–Crippen LogP) is 1.13. The Morgan fingerprint density at radius 1 is 0.444 bits per heavy atom. The first-order valence-corrected chi connectivity index (χ1v) is 37.1. The lowest BCUT2D eigenvalue weighted by atomic mass is 9.87. The highest BCUT2D eigenvalue weighted by molar-refractivity contribution is 5.89. The molecule has 0 radical (unpaired) electrons. The molecule has 2 aromatic rings. The van der Waals surface area contributed by atoms with Gasteiger partial charge < -0.3 is 124 Å². The molecule has 5 aliphatic heterocycles. The van der Waals surface area contributed by atoms with Gasteiger partial charge in [-0.15, -0.1) is 0 Å². The number of amides is 2. The first-order chi connectivity index (χ1) is 55.3. The van der Waals surface area contributed by atoms with Crippen LogP contribution in [0.25, 0.3) is 0 Å². The van der Waals surface area contributed by atoms with Gasteiger partial charge in [0, 0.05) is 103 Å². The number of carbonyl (C=O) groups is 15. The molecule has 5 saturated heterocycles. The standard InChI is InChI=1S/C76H100N2O39/c1-17-95-73-68(107-47(14)90)66(62(105-45(12)88)56(111-73)33-98-40(7)83)115-72-59(78-37(4)80)64(114-71-52(100-30-49-24-20-18-21-25-49)28-51(35(2)101-71)109-70(92)50-26-22-19-23-27-50)60(55(110-72)32-97-39(6)82)113-74-69(108-48(15)91)67(63(106-46(13)89)57(112-74)34-99-41(8)84)117-76(75(93)94-16)29-53(102-42(9)85)58(77-36(3)79)65(116-76)61(104-44(11)87)54(103-43(10)86)31-96-38(5)81/h18-27,35,51-69,71-74H,17,28-34H2,1-16H3,(H,77,79)(H,78,80)/t35-,51-,52-,53-,54+,55+,56+,57+,58+,59+,60+,61+,62-,63-,64+,65+,66-,67-,68+,69+,71-,72-,73+,74-,76-/m0/s1. The first kappa shape index (κ1) is 94.2. The second-order valence-corrected chi connectivity index (χ2v) is 27.4. The molecule has 0 spiro atoms. The molecule has 0 saturated carbocycles. The van der Waals surface area contributed by atoms with Crippen LogP contribution in [0.15, 0.2) is 60.7 Å². The lowest BCUT2D eigenvalue weighted by Gasteiger charge is -2.53. The van der Waals surface area contributed by atoms with Gasteiger partial charge >= 0.3 is 77.6 Å². The zero-order valence-corrected chi connectivity index (χ0v) is 67.2. The van der Waals surface area contributed by atoms with Crippen molar-refractivity contribution in [2.45, 2.75) is 276 Å². The van der Waals surface area contributed by atoms with Crippen LogP contribution in [0.5, 0.6) is 0 Å². The SMILES string of the molecule is CCO[C@@H]1O[C@H](COC(C)=O)[C@H](OC(C)=O)[C@H](O[C@@H]2O[C@H](COC(C)=O)[C@@H](O[C@@H]3O[C@H](COC(C)=O)[C@H](OC(C)=O)[C@H](O[C@]4(C(=O)OC)C[C@H](OC(C)=O)[C@@H](NC(C)=O)[C@H]([C@H](OC(C)=O)[C@@H](COC(C)=O)OC(C)=O)O4)[C@H]3OC(C)=O)[C@H](O[C@@H]3O[C@@H](C)[C@@H](OC(=O)c4ccccc4)C[C@@H]3OCc3ccccc3)[C@H]2NC(C)=O)[C@H]1OC(C)=O. The van der Waals surface area contributed by atoms with Gasteiger partial charge in [0.1, 0.15) is 99.6 Å². The van der Waals surface area contributed by atoms with E-state index in [-0.39, 0.29) is 25.2 Å². The molecule has 25 atom stereocenters. The Kier molecular flexibility index (Phi) is 35.4. The number of nitrogens with one attached hydrogen (secondary N) is 2. The Balaban J connectivity index is 1.54. The molecular weight excluding hydrogens is 1560 g/mol. The zero-order valence-electron chi connectivity index (χ0n) is 67.2. The van der Waals surface area contributed by atoms with Gasteiger partial charge in [-0.1, -0.05) is 48.5 Å². The van der Waals surface area contributed by atoms with Gasteiger partial charge in [-0.05, 0) is 31.5 Å². The maximum Gasteiger partial charge on any atom is 0.366 e. The number of rotatable bonds is 35. The average Bonchev–Trinajstić information content (AvgIpc) is 0.645. The van der Waals surface area contributed by atoms with Crippen LogP contribution in [0.4, 0.5) is 0 Å². The molecule has 2 amide bonds. The number of hydrogen-bond donors (Lipinski definition) is 2. The van der Waals surface area contributed by atoms with Gasteiger partial charge in [0.2, 0.25) is 11.8 Å². The highest BCUT2D eigenvalue weighted by Gasteiger charge is 2.65. The molecule has 0 aromatic heterocycles. The van der Waals surface area contributed by atoms with E-state index in [2.05, 4.69) is 10.6 Å². The van der Waals surface area contributed by atoms with Crippen LogP contribution in [0.3, 0.4) is 0 Å². The minimum absolute atomic E-state index is 0.156. The Morgan fingerprint density at radius 2 is 0.915 bits per heavy atom. The second-order valence-electron chi connectivity index (χ2n) is 27.4. The lowest BCUT2D eigenvalue weighted by Crippen LogP contribution is -2.73. The Bertz CT molecular complexity index is 3790. The predicted molar refractivity (Wildman–Crippen MR) is 382 cm³/mol. The molecule has 41 nitrogen and oxygen atoms in total. The Morgan fingerprint density at radius 3 is 1.42 bits per heavy atom. The summed E-state index contributed by atoms with van der Waals surface area (Å²) in [4.78, 5) is 203. The summed E-state index contributed by atoms with van der Waals surface area (Å²) >= 11 is 0. The van der Waals surface area contributed by atoms with E-state index in [1.54, 1.807) is 55.5 Å². The van der Waals surface area contributed by atoms with E-state index in [4.69, 9.17) is 114 Å². The normalized spacial score (nSPS) is 30.5. The van der Waals surface area contributed by atoms with Crippen molar-refractivity contribution in [3.8, 4) is 0 Å². The second kappa shape index (κ2) is 44.0. The van der Waals surface area contributed by atoms with Gasteiger partial charge in [0.25, 0.3) is 5.79 Å². The maximum absolute atomic E-state index is 15.4. The molecule has 2 aromatic carbocycles. The largest absolute Gasteiger partial charge is 0.465 e. The van der Waals surface area contributed by atoms with Crippen LogP contribution in [0, 0.1) is 0 Å². The minimum Gasteiger partial charge on any atom is -0.465 e. The molecule has 5 heterocycles. The van der Waals surface area contributed by atoms with Crippen molar-refractivity contribution in [1.82, 2.24) is 10.6 Å². The highest BCUT2D eigenvalue weighted by atomic mass is 16.8. The summed E-state index contributed by atoms with van der Waals surface area (Å²) in [6.45, 7) is 11.5. The third kappa shape index (κ3) is 27.3. The van der Waals surface area contributed by atoms with Crippen LogP contribution in [0.2, 0.25) is 0 Å². The molecule has 648 valence electrons. The van der Waals surface area contributed by atoms with Gasteiger partial charge in [-0.2, -0.15) is 0 Å². The molecular formula is C76H100N2O39. The topological polar surface area (TPSA) is 502 Å². The summed E-state index contributed by atoms with van der Waals surface area (Å²) in [5.41, 5.74) is 0.749. The molecule has 117 heavy (non-hydrogen) atoms. The van der Waals surface area contributed by atoms with Crippen molar-refractivity contribution in [3.05, 3.63) is 71.8 Å². The summed E-state index contributed by atoms with van der Waals surface area (Å²) in [5.74, 6) is -19.3. The van der Waals surface area contributed by atoms with Gasteiger partial charge in [-0.25, -0.2) is 9.59 Å². The monoisotopic (exact) mass is 1660 g/mol. The third-order valence-electron chi connectivity index (χ3n) is 18.0. The molecule has 41 heteroatoms. The summed E-state index contributed by atoms with van der Waals surface area (Å²) in [7, 11) is 0.805. The fraction of sp³-hybridized carbons (Fsp3) is 0.645. The van der Waals surface area contributed by atoms with E-state index in [9.17, 15) is 67.1 Å². The third-order valence-corrected chi connectivity index (χ3v) is 18.0. The molecule has 5 aliphatic rings. The van der Waals surface area contributed by atoms with Crippen LogP contribution in [-0.4, -0.2) is 282 Å². The van der Waals surface area contributed by atoms with E-state index >= 15 is 4.79 Å². The van der Waals surface area contributed by atoms with Gasteiger partial charge in [0.15, 0.2) is 61.8 Å². The van der Waals surface area contributed by atoms with Crippen molar-refractivity contribution in [2.75, 3.05) is 40.1 Å². The smallest absolute Gasteiger partial charge is 0.366 e. The summed E-state index contributed by atoms with van der Waals surface area (Å²) < 4.78 is 148. The number of hydrogen-bond acceptors (Lipinski definition) is 39. The van der Waals surface area contributed by atoms with Crippen molar-refractivity contribution < 1.29 is 186 Å². The summed E-state index contributed by atoms with van der Waals surface area (Å²) in [6, 6.07) is 12.8. The fourth-order valence-electron chi connectivity index (χ4n) is 13.6. The van der Waals surface area contributed by atoms with Crippen LogP contribution in [-0.2, 0) is 187 Å². The minimum atomic E-state index is -3.31. The van der Waals surface area contributed by atoms with Crippen molar-refractivity contribution in [2.24, 2.45) is 0 Å². The summed E-state index contributed by atoms with van der Waals surface area (Å²) in [6.07, 6.45) is -43.6. The van der Waals surface area contributed by atoms with E-state index < -0.39 is 275 Å². The Hall–Kier alpha value is -9.95. The van der Waals surface area contributed by atoms with Crippen molar-refractivity contribution >= 4 is 89.4 Å². The lowest BCUT2D eigenvalue weighted by molar-refractivity contribution is -0.396. The van der Waals surface area contributed by atoms with E-state index in [1.165, 1.54) is 19.1 Å². The number of esters is 13. The van der Waals surface area contributed by atoms with Crippen LogP contribution < -0.4 is 10.6 Å². The number of methoxy groups -OCH3 is 1. The number of carbonyl (C=O) groups excluding carboxylic acids is 15.